The van der Waals surface area contributed by atoms with Gasteiger partial charge in [-0.1, -0.05) is 5.92 Å². The lowest BCUT2D eigenvalue weighted by Crippen LogP contribution is -2.22. The molecule has 0 radical (unpaired) electrons. The van der Waals surface area contributed by atoms with Gasteiger partial charge in [-0.25, -0.2) is 0 Å². The molecule has 62 valence electrons. The van der Waals surface area contributed by atoms with E-state index in [1.54, 1.807) is 6.92 Å². The van der Waals surface area contributed by atoms with Gasteiger partial charge in [0.2, 0.25) is 0 Å². The molecule has 1 saturated heterocycles. The zero-order valence-corrected chi connectivity index (χ0v) is 6.62. The fraction of sp³-hybridized carbons (Fsp3) is 0.750. The Morgan fingerprint density at radius 1 is 1.36 bits per heavy atom. The van der Waals surface area contributed by atoms with Crippen molar-refractivity contribution in [3.8, 4) is 11.8 Å². The number of β-amino-alcohol motifs (C(OH)–C–C–N with tert-alkyl or cyclic N) is 2. The molecule has 0 aliphatic carbocycles. The van der Waals surface area contributed by atoms with E-state index in [2.05, 4.69) is 11.8 Å². The fourth-order valence-electron chi connectivity index (χ4n) is 1.17. The lowest BCUT2D eigenvalue weighted by molar-refractivity contribution is 0.0572. The average Bonchev–Trinajstić information content (AvgIpc) is 2.28. The molecule has 0 aromatic heterocycles. The minimum atomic E-state index is -0.589. The largest absolute Gasteiger partial charge is 0.389 e. The first-order valence-electron chi connectivity index (χ1n) is 3.72. The van der Waals surface area contributed by atoms with Gasteiger partial charge in [0.15, 0.2) is 0 Å². The maximum absolute atomic E-state index is 9.13. The van der Waals surface area contributed by atoms with Gasteiger partial charge in [-0.2, -0.15) is 0 Å². The quantitative estimate of drug-likeness (QED) is 0.480. The van der Waals surface area contributed by atoms with Gasteiger partial charge in [0, 0.05) is 13.1 Å². The van der Waals surface area contributed by atoms with Gasteiger partial charge in [0.25, 0.3) is 0 Å². The van der Waals surface area contributed by atoms with Crippen molar-refractivity contribution in [2.75, 3.05) is 19.6 Å². The Balaban J connectivity index is 2.33. The summed E-state index contributed by atoms with van der Waals surface area (Å²) in [5.41, 5.74) is 0. The van der Waals surface area contributed by atoms with Crippen molar-refractivity contribution >= 4 is 0 Å². The highest BCUT2D eigenvalue weighted by molar-refractivity contribution is 5.00. The first-order valence-corrected chi connectivity index (χ1v) is 3.72. The van der Waals surface area contributed by atoms with Crippen LogP contribution in [0.1, 0.15) is 6.92 Å². The van der Waals surface area contributed by atoms with E-state index in [0.717, 1.165) is 0 Å². The molecule has 3 heteroatoms. The molecule has 0 amide bonds. The second kappa shape index (κ2) is 3.72. The topological polar surface area (TPSA) is 43.7 Å². The van der Waals surface area contributed by atoms with Gasteiger partial charge in [-0.05, 0) is 6.92 Å². The zero-order chi connectivity index (χ0) is 8.27. The first-order chi connectivity index (χ1) is 5.24. The van der Waals surface area contributed by atoms with Crippen molar-refractivity contribution in [2.45, 2.75) is 19.1 Å². The molecule has 1 fully saturated rings. The molecule has 2 atom stereocenters. The summed E-state index contributed by atoms with van der Waals surface area (Å²) in [6.07, 6.45) is -1.18. The van der Waals surface area contributed by atoms with Crippen LogP contribution in [0.5, 0.6) is 0 Å². The summed E-state index contributed by atoms with van der Waals surface area (Å²) in [5, 5.41) is 18.3. The Morgan fingerprint density at radius 3 is 2.36 bits per heavy atom. The molecule has 0 spiro atoms. The summed E-state index contributed by atoms with van der Waals surface area (Å²) in [4.78, 5) is 1.94. The Hall–Kier alpha value is -0.560. The van der Waals surface area contributed by atoms with Crippen molar-refractivity contribution in [2.24, 2.45) is 0 Å². The molecule has 1 heterocycles. The van der Waals surface area contributed by atoms with Crippen LogP contribution < -0.4 is 0 Å². The van der Waals surface area contributed by atoms with Crippen molar-refractivity contribution < 1.29 is 10.2 Å². The molecule has 11 heavy (non-hydrogen) atoms. The number of aliphatic hydroxyl groups is 2. The van der Waals surface area contributed by atoms with Crippen LogP contribution in [0.2, 0.25) is 0 Å². The molecule has 0 bridgehead atoms. The van der Waals surface area contributed by atoms with Crippen molar-refractivity contribution in [1.29, 1.82) is 0 Å². The van der Waals surface area contributed by atoms with E-state index in [4.69, 9.17) is 10.2 Å². The van der Waals surface area contributed by atoms with E-state index < -0.39 is 12.2 Å². The molecular weight excluding hydrogens is 142 g/mol. The predicted octanol–water partition coefficient (Wildman–Crippen LogP) is -0.953. The smallest absolute Gasteiger partial charge is 0.0938 e. The van der Waals surface area contributed by atoms with Gasteiger partial charge in [0.05, 0.1) is 18.8 Å². The summed E-state index contributed by atoms with van der Waals surface area (Å²) >= 11 is 0. The second-order valence-electron chi connectivity index (χ2n) is 2.76. The number of nitrogens with zero attached hydrogens (tertiary/aromatic N) is 1. The summed E-state index contributed by atoms with van der Waals surface area (Å²) < 4.78 is 0. The summed E-state index contributed by atoms with van der Waals surface area (Å²) in [6.45, 7) is 3.50. The Bertz CT molecular complexity index is 172. The predicted molar refractivity (Wildman–Crippen MR) is 41.9 cm³/mol. The molecule has 0 aromatic rings. The van der Waals surface area contributed by atoms with Gasteiger partial charge < -0.3 is 10.2 Å². The first kappa shape index (κ1) is 8.54. The third kappa shape index (κ3) is 2.19. The van der Waals surface area contributed by atoms with Gasteiger partial charge >= 0.3 is 0 Å². The lowest BCUT2D eigenvalue weighted by atomic mass is 10.3. The van der Waals surface area contributed by atoms with Gasteiger partial charge in [-0.15, -0.1) is 5.92 Å². The minimum absolute atomic E-state index is 0.538. The zero-order valence-electron chi connectivity index (χ0n) is 6.62. The monoisotopic (exact) mass is 155 g/mol. The normalized spacial score (nSPS) is 31.5. The molecule has 0 aromatic carbocycles. The van der Waals surface area contributed by atoms with Crippen LogP contribution in [0.3, 0.4) is 0 Å². The standard InChI is InChI=1S/C8H13NO2/c1-2-3-4-9-5-7(10)8(11)6-9/h7-8,10-11H,4-6H2,1H3/t7-,8+. The van der Waals surface area contributed by atoms with Crippen LogP contribution >= 0.6 is 0 Å². The number of hydrogen-bond acceptors (Lipinski definition) is 3. The number of aliphatic hydroxyl groups excluding tert-OH is 2. The molecule has 1 aliphatic heterocycles. The lowest BCUT2D eigenvalue weighted by Gasteiger charge is -2.08. The molecule has 1 rings (SSSR count). The second-order valence-corrected chi connectivity index (χ2v) is 2.76. The van der Waals surface area contributed by atoms with Crippen LogP contribution in [0.4, 0.5) is 0 Å². The van der Waals surface area contributed by atoms with Crippen LogP contribution in [-0.4, -0.2) is 47.0 Å². The van der Waals surface area contributed by atoms with Gasteiger partial charge in [-0.3, -0.25) is 4.90 Å². The molecule has 0 unspecified atom stereocenters. The van der Waals surface area contributed by atoms with Gasteiger partial charge in [0.1, 0.15) is 0 Å². The SMILES string of the molecule is CC#CCN1C[C@@H](O)[C@@H](O)C1. The third-order valence-electron chi connectivity index (χ3n) is 1.81. The Morgan fingerprint density at radius 2 is 1.91 bits per heavy atom. The van der Waals surface area contributed by atoms with Crippen LogP contribution in [-0.2, 0) is 0 Å². The van der Waals surface area contributed by atoms with E-state index in [1.165, 1.54) is 0 Å². The van der Waals surface area contributed by atoms with E-state index >= 15 is 0 Å². The summed E-state index contributed by atoms with van der Waals surface area (Å²) in [5.74, 6) is 5.65. The van der Waals surface area contributed by atoms with Crippen LogP contribution in [0.15, 0.2) is 0 Å². The van der Waals surface area contributed by atoms with E-state index in [1.807, 2.05) is 4.90 Å². The van der Waals surface area contributed by atoms with E-state index in [0.29, 0.717) is 19.6 Å². The average molecular weight is 155 g/mol. The highest BCUT2D eigenvalue weighted by Crippen LogP contribution is 2.08. The van der Waals surface area contributed by atoms with Crippen molar-refractivity contribution in [3.63, 3.8) is 0 Å². The Kier molecular flexibility index (Phi) is 2.89. The summed E-state index contributed by atoms with van der Waals surface area (Å²) in [6, 6.07) is 0. The highest BCUT2D eigenvalue weighted by atomic mass is 16.3. The third-order valence-corrected chi connectivity index (χ3v) is 1.81. The van der Waals surface area contributed by atoms with Crippen molar-refractivity contribution in [1.82, 2.24) is 4.90 Å². The molecular formula is C8H13NO2. The molecule has 3 nitrogen and oxygen atoms in total. The van der Waals surface area contributed by atoms with E-state index in [-0.39, 0.29) is 0 Å². The van der Waals surface area contributed by atoms with Crippen LogP contribution in [0, 0.1) is 11.8 Å². The van der Waals surface area contributed by atoms with E-state index in [9.17, 15) is 0 Å². The van der Waals surface area contributed by atoms with Crippen LogP contribution in [0.25, 0.3) is 0 Å². The number of hydrogen-bond donors (Lipinski definition) is 2. The minimum Gasteiger partial charge on any atom is -0.389 e. The molecule has 2 N–H and O–H groups in total. The number of rotatable bonds is 1. The van der Waals surface area contributed by atoms with Crippen molar-refractivity contribution in [3.05, 3.63) is 0 Å². The maximum atomic E-state index is 9.13. The molecule has 1 aliphatic rings. The number of likely N-dealkylation sites (tertiary alicyclic amines) is 1. The Labute approximate surface area is 66.6 Å². The fourth-order valence-corrected chi connectivity index (χ4v) is 1.17. The maximum Gasteiger partial charge on any atom is 0.0938 e. The summed E-state index contributed by atoms with van der Waals surface area (Å²) in [7, 11) is 0. The molecule has 0 saturated carbocycles. The highest BCUT2D eigenvalue weighted by Gasteiger charge is 2.28.